The number of rotatable bonds is 2. The summed E-state index contributed by atoms with van der Waals surface area (Å²) in [5.41, 5.74) is 3.80. The van der Waals surface area contributed by atoms with Crippen molar-refractivity contribution in [1.29, 1.82) is 0 Å². The zero-order chi connectivity index (χ0) is 13.4. The van der Waals surface area contributed by atoms with Gasteiger partial charge in [-0.15, -0.1) is 0 Å². The molecule has 2 heterocycles. The Morgan fingerprint density at radius 3 is 2.89 bits per heavy atom. The fraction of sp³-hybridized carbons (Fsp3) is 0.0714. The minimum absolute atomic E-state index is 0.187. The van der Waals surface area contributed by atoms with Crippen LogP contribution in [0.3, 0.4) is 0 Å². The first-order chi connectivity index (χ1) is 9.13. The number of carbonyl (C=O) groups excluding carboxylic acids is 1. The fourth-order valence-electron chi connectivity index (χ4n) is 1.89. The van der Waals surface area contributed by atoms with Crippen molar-refractivity contribution in [2.24, 2.45) is 0 Å². The second-order valence-corrected chi connectivity index (χ2v) is 5.15. The number of nitrogens with one attached hydrogen (secondary N) is 2. The van der Waals surface area contributed by atoms with Crippen molar-refractivity contribution in [3.63, 3.8) is 0 Å². The van der Waals surface area contributed by atoms with E-state index in [0.29, 0.717) is 11.3 Å². The van der Waals surface area contributed by atoms with Crippen LogP contribution in [-0.2, 0) is 0 Å². The molecule has 2 aromatic heterocycles. The molecule has 0 aliphatic rings. The maximum Gasteiger partial charge on any atom is 0.272 e. The van der Waals surface area contributed by atoms with E-state index in [9.17, 15) is 4.79 Å². The number of aromatic amines is 1. The molecule has 0 aliphatic heterocycles. The summed E-state index contributed by atoms with van der Waals surface area (Å²) in [4.78, 5) is 15.1. The molecule has 0 saturated carbocycles. The minimum Gasteiger partial charge on any atom is -0.463 e. The van der Waals surface area contributed by atoms with Crippen LogP contribution in [0, 0.1) is 6.92 Å². The molecule has 0 atom stereocenters. The number of carbonyl (C=O) groups is 1. The smallest absolute Gasteiger partial charge is 0.272 e. The summed E-state index contributed by atoms with van der Waals surface area (Å²) < 4.78 is 6.23. The number of amides is 1. The summed E-state index contributed by atoms with van der Waals surface area (Å²) >= 11 is 3.43. The lowest BCUT2D eigenvalue weighted by Crippen LogP contribution is -2.12. The van der Waals surface area contributed by atoms with Gasteiger partial charge in [-0.1, -0.05) is 15.9 Å². The Labute approximate surface area is 117 Å². The Kier molecular flexibility index (Phi) is 2.91. The van der Waals surface area contributed by atoms with E-state index in [1.165, 1.54) is 0 Å². The number of halogens is 1. The average molecular weight is 319 g/mol. The summed E-state index contributed by atoms with van der Waals surface area (Å²) in [5.74, 6) is -0.187. The monoisotopic (exact) mass is 318 g/mol. The second-order valence-electron chi connectivity index (χ2n) is 4.30. The van der Waals surface area contributed by atoms with Gasteiger partial charge in [0.25, 0.3) is 5.91 Å². The van der Waals surface area contributed by atoms with Gasteiger partial charge in [0.15, 0.2) is 5.58 Å². The van der Waals surface area contributed by atoms with Crippen LogP contribution in [0.25, 0.3) is 11.1 Å². The van der Waals surface area contributed by atoms with E-state index >= 15 is 0 Å². The summed E-state index contributed by atoms with van der Waals surface area (Å²) in [6.45, 7) is 1.97. The molecule has 1 amide bonds. The number of H-pyrrole nitrogens is 1. The predicted octanol–water partition coefficient (Wildman–Crippen LogP) is 4.08. The van der Waals surface area contributed by atoms with Crippen molar-refractivity contribution in [1.82, 2.24) is 4.98 Å². The maximum absolute atomic E-state index is 12.1. The minimum atomic E-state index is -0.187. The maximum atomic E-state index is 12.1. The van der Waals surface area contributed by atoms with E-state index in [0.717, 1.165) is 21.2 Å². The van der Waals surface area contributed by atoms with Gasteiger partial charge in [0.1, 0.15) is 5.69 Å². The Hall–Kier alpha value is -2.01. The number of aromatic nitrogens is 1. The molecule has 2 N–H and O–H groups in total. The first-order valence-electron chi connectivity index (χ1n) is 5.77. The third-order valence-electron chi connectivity index (χ3n) is 2.90. The third kappa shape index (κ3) is 2.29. The Bertz CT molecular complexity index is 729. The molecular weight excluding hydrogens is 308 g/mol. The molecule has 1 aromatic carbocycles. The summed E-state index contributed by atoms with van der Waals surface area (Å²) in [5, 5.41) is 2.84. The Balaban J connectivity index is 1.84. The quantitative estimate of drug-likeness (QED) is 0.747. The molecule has 19 heavy (non-hydrogen) atoms. The fourth-order valence-corrected chi connectivity index (χ4v) is 2.14. The molecule has 0 unspecified atom stereocenters. The van der Waals surface area contributed by atoms with Gasteiger partial charge >= 0.3 is 0 Å². The highest BCUT2D eigenvalue weighted by Gasteiger charge is 2.11. The molecule has 0 aliphatic carbocycles. The van der Waals surface area contributed by atoms with Gasteiger partial charge in [-0.3, -0.25) is 4.79 Å². The third-order valence-corrected chi connectivity index (χ3v) is 3.79. The van der Waals surface area contributed by atoms with E-state index in [1.807, 2.05) is 25.1 Å². The van der Waals surface area contributed by atoms with Crippen LogP contribution in [0.1, 0.15) is 16.1 Å². The number of anilines is 1. The number of fused-ring (bicyclic) bond motifs is 1. The molecule has 4 nitrogen and oxygen atoms in total. The highest BCUT2D eigenvalue weighted by Crippen LogP contribution is 2.21. The van der Waals surface area contributed by atoms with Crippen molar-refractivity contribution >= 4 is 38.6 Å². The van der Waals surface area contributed by atoms with Gasteiger partial charge in [0.05, 0.1) is 11.8 Å². The van der Waals surface area contributed by atoms with Gasteiger partial charge in [0, 0.05) is 22.3 Å². The van der Waals surface area contributed by atoms with Crippen molar-refractivity contribution in [2.45, 2.75) is 6.92 Å². The van der Waals surface area contributed by atoms with Gasteiger partial charge in [-0.2, -0.15) is 0 Å². The molecule has 0 bridgehead atoms. The summed E-state index contributed by atoms with van der Waals surface area (Å²) in [6.07, 6.45) is 1.58. The van der Waals surface area contributed by atoms with Crippen LogP contribution in [0.5, 0.6) is 0 Å². The normalized spacial score (nSPS) is 10.8. The van der Waals surface area contributed by atoms with E-state index in [-0.39, 0.29) is 5.91 Å². The molecule has 0 fully saturated rings. The zero-order valence-electron chi connectivity index (χ0n) is 10.2. The van der Waals surface area contributed by atoms with Crippen LogP contribution in [-0.4, -0.2) is 10.9 Å². The first-order valence-corrected chi connectivity index (χ1v) is 6.56. The number of hydrogen-bond acceptors (Lipinski definition) is 2. The van der Waals surface area contributed by atoms with E-state index in [1.54, 1.807) is 18.4 Å². The lowest BCUT2D eigenvalue weighted by molar-refractivity contribution is 0.102. The number of aryl methyl sites for hydroxylation is 1. The Morgan fingerprint density at radius 2 is 2.16 bits per heavy atom. The largest absolute Gasteiger partial charge is 0.463 e. The van der Waals surface area contributed by atoms with Crippen LogP contribution in [0.2, 0.25) is 0 Å². The van der Waals surface area contributed by atoms with Gasteiger partial charge in [-0.25, -0.2) is 0 Å². The average Bonchev–Trinajstić information content (AvgIpc) is 2.94. The van der Waals surface area contributed by atoms with Crippen LogP contribution in [0.4, 0.5) is 5.69 Å². The van der Waals surface area contributed by atoms with E-state index in [4.69, 9.17) is 4.42 Å². The molecular formula is C14H11BrN2O2. The first kappa shape index (κ1) is 12.0. The molecule has 0 spiro atoms. The molecule has 0 radical (unpaired) electrons. The van der Waals surface area contributed by atoms with Gasteiger partial charge < -0.3 is 14.7 Å². The standard InChI is InChI=1S/C14H11BrN2O2/c1-8-6-9(2-3-10(8)15)16-14(18)12-7-13-11(17-12)4-5-19-13/h2-7,17H,1H3,(H,16,18). The number of furan rings is 1. The van der Waals surface area contributed by atoms with E-state index < -0.39 is 0 Å². The van der Waals surface area contributed by atoms with Crippen molar-refractivity contribution in [3.05, 3.63) is 52.3 Å². The highest BCUT2D eigenvalue weighted by molar-refractivity contribution is 9.10. The van der Waals surface area contributed by atoms with Crippen LogP contribution >= 0.6 is 15.9 Å². The highest BCUT2D eigenvalue weighted by atomic mass is 79.9. The van der Waals surface area contributed by atoms with Gasteiger partial charge in [-0.05, 0) is 30.7 Å². The molecule has 3 aromatic rings. The second kappa shape index (κ2) is 4.59. The van der Waals surface area contributed by atoms with E-state index in [2.05, 4.69) is 26.2 Å². The summed E-state index contributed by atoms with van der Waals surface area (Å²) in [7, 11) is 0. The van der Waals surface area contributed by atoms with Crippen molar-refractivity contribution in [2.75, 3.05) is 5.32 Å². The van der Waals surface area contributed by atoms with Gasteiger partial charge in [0.2, 0.25) is 0 Å². The summed E-state index contributed by atoms with van der Waals surface area (Å²) in [6, 6.07) is 9.15. The lowest BCUT2D eigenvalue weighted by atomic mass is 10.2. The van der Waals surface area contributed by atoms with Crippen molar-refractivity contribution in [3.8, 4) is 0 Å². The van der Waals surface area contributed by atoms with Crippen molar-refractivity contribution < 1.29 is 9.21 Å². The molecule has 5 heteroatoms. The predicted molar refractivity (Wildman–Crippen MR) is 77.4 cm³/mol. The number of hydrogen-bond donors (Lipinski definition) is 2. The van der Waals surface area contributed by atoms with Crippen LogP contribution in [0.15, 0.2) is 45.5 Å². The molecule has 3 rings (SSSR count). The molecule has 96 valence electrons. The Morgan fingerprint density at radius 1 is 1.32 bits per heavy atom. The van der Waals surface area contributed by atoms with Crippen LogP contribution < -0.4 is 5.32 Å². The lowest BCUT2D eigenvalue weighted by Gasteiger charge is -2.05. The SMILES string of the molecule is Cc1cc(NC(=O)c2cc3occc3[nH]2)ccc1Br. The number of benzene rings is 1. The zero-order valence-corrected chi connectivity index (χ0v) is 11.7. The molecule has 0 saturated heterocycles. The topological polar surface area (TPSA) is 58.0 Å².